The molecule has 0 saturated carbocycles. The first-order valence-corrected chi connectivity index (χ1v) is 8.76. The molecule has 28 heavy (non-hydrogen) atoms. The molecule has 0 radical (unpaired) electrons. The van der Waals surface area contributed by atoms with Crippen LogP contribution in [-0.4, -0.2) is 41.0 Å². The van der Waals surface area contributed by atoms with Crippen LogP contribution in [0.3, 0.4) is 0 Å². The van der Waals surface area contributed by atoms with Crippen LogP contribution in [0.4, 0.5) is 11.5 Å². The summed E-state index contributed by atoms with van der Waals surface area (Å²) < 4.78 is 10.8. The van der Waals surface area contributed by atoms with Crippen molar-refractivity contribution in [3.63, 3.8) is 0 Å². The number of anilines is 1. The second-order valence-corrected chi connectivity index (χ2v) is 6.25. The summed E-state index contributed by atoms with van der Waals surface area (Å²) in [5.74, 6) is 2.35. The van der Waals surface area contributed by atoms with Crippen molar-refractivity contribution in [1.82, 2.24) is 9.97 Å². The second kappa shape index (κ2) is 7.57. The minimum atomic E-state index is -0.0727. The Balaban J connectivity index is 1.73. The van der Waals surface area contributed by atoms with E-state index >= 15 is 0 Å². The van der Waals surface area contributed by atoms with Crippen LogP contribution >= 0.6 is 0 Å². The number of aliphatic hydroxyl groups is 1. The number of ether oxygens (including phenoxy) is 2. The van der Waals surface area contributed by atoms with Crippen LogP contribution < -0.4 is 26.3 Å². The Kier molecular flexibility index (Phi) is 4.81. The van der Waals surface area contributed by atoms with E-state index in [9.17, 15) is 0 Å². The Morgan fingerprint density at radius 2 is 1.96 bits per heavy atom. The van der Waals surface area contributed by atoms with Gasteiger partial charge >= 0.3 is 0 Å². The molecule has 0 saturated heterocycles. The lowest BCUT2D eigenvalue weighted by Crippen LogP contribution is -2.22. The maximum absolute atomic E-state index is 9.01. The fourth-order valence-electron chi connectivity index (χ4n) is 2.99. The predicted molar refractivity (Wildman–Crippen MR) is 106 cm³/mol. The molecule has 6 N–H and O–H groups in total. The van der Waals surface area contributed by atoms with Crippen molar-refractivity contribution in [2.24, 2.45) is 16.5 Å². The fraction of sp³-hybridized carbons (Fsp3) is 0.211. The number of nitrogens with one attached hydrogen (secondary N) is 1. The fourth-order valence-corrected chi connectivity index (χ4v) is 2.99. The maximum atomic E-state index is 9.01. The van der Waals surface area contributed by atoms with Crippen molar-refractivity contribution in [3.8, 4) is 11.5 Å². The summed E-state index contributed by atoms with van der Waals surface area (Å²) >= 11 is 0. The van der Waals surface area contributed by atoms with E-state index in [-0.39, 0.29) is 19.4 Å². The van der Waals surface area contributed by atoms with Gasteiger partial charge in [-0.15, -0.1) is 0 Å². The first-order chi connectivity index (χ1) is 13.6. The minimum Gasteiger partial charge on any atom is -0.454 e. The number of aliphatic imine (C=N–C) groups is 1. The molecule has 0 atom stereocenters. The van der Waals surface area contributed by atoms with Crippen LogP contribution in [0.15, 0.2) is 41.4 Å². The van der Waals surface area contributed by atoms with Crippen LogP contribution in [0.2, 0.25) is 0 Å². The molecular formula is C19H20N6O3. The number of hydrogen-bond donors (Lipinski definition) is 4. The molecule has 2 heterocycles. The number of nitrogens with zero attached hydrogens (tertiary/aromatic N) is 3. The van der Waals surface area contributed by atoms with Crippen molar-refractivity contribution in [3.05, 3.63) is 47.8 Å². The average molecular weight is 380 g/mol. The van der Waals surface area contributed by atoms with Crippen LogP contribution in [0.1, 0.15) is 11.4 Å². The molecule has 2 aromatic carbocycles. The summed E-state index contributed by atoms with van der Waals surface area (Å²) in [6.45, 7) is 0.710. The van der Waals surface area contributed by atoms with E-state index in [4.69, 9.17) is 26.0 Å². The highest BCUT2D eigenvalue weighted by Gasteiger charge is 2.15. The lowest BCUT2D eigenvalue weighted by Gasteiger charge is -2.09. The van der Waals surface area contributed by atoms with E-state index in [2.05, 4.69) is 20.3 Å². The molecule has 3 aromatic rings. The van der Waals surface area contributed by atoms with Gasteiger partial charge in [0.1, 0.15) is 5.82 Å². The topological polar surface area (TPSA) is 141 Å². The van der Waals surface area contributed by atoms with Gasteiger partial charge in [0.15, 0.2) is 23.3 Å². The van der Waals surface area contributed by atoms with Crippen LogP contribution in [0.5, 0.6) is 11.5 Å². The molecule has 9 heteroatoms. The molecule has 1 aromatic heterocycles. The van der Waals surface area contributed by atoms with Gasteiger partial charge in [0.2, 0.25) is 6.79 Å². The third-order valence-electron chi connectivity index (χ3n) is 4.20. The van der Waals surface area contributed by atoms with Crippen molar-refractivity contribution in [2.75, 3.05) is 25.3 Å². The van der Waals surface area contributed by atoms with Gasteiger partial charge in [-0.3, -0.25) is 0 Å². The number of aliphatic hydroxyl groups excluding tert-OH is 1. The van der Waals surface area contributed by atoms with Crippen molar-refractivity contribution >= 4 is 28.4 Å². The number of guanidine groups is 1. The zero-order valence-electron chi connectivity index (χ0n) is 15.1. The van der Waals surface area contributed by atoms with Gasteiger partial charge in [0.05, 0.1) is 12.1 Å². The summed E-state index contributed by atoms with van der Waals surface area (Å²) in [5.41, 5.74) is 13.7. The largest absolute Gasteiger partial charge is 0.454 e. The highest BCUT2D eigenvalue weighted by Crippen LogP contribution is 2.33. The van der Waals surface area contributed by atoms with E-state index < -0.39 is 0 Å². The number of nitrogens with two attached hydrogens (primary N) is 2. The van der Waals surface area contributed by atoms with Gasteiger partial charge in [0, 0.05) is 24.0 Å². The second-order valence-electron chi connectivity index (χ2n) is 6.25. The summed E-state index contributed by atoms with van der Waals surface area (Å²) in [6.07, 6.45) is 0.480. The average Bonchev–Trinajstić information content (AvgIpc) is 3.13. The summed E-state index contributed by atoms with van der Waals surface area (Å²) in [6, 6.07) is 11.3. The minimum absolute atomic E-state index is 0.0381. The van der Waals surface area contributed by atoms with E-state index in [1.54, 1.807) is 0 Å². The van der Waals surface area contributed by atoms with Crippen molar-refractivity contribution in [2.45, 2.75) is 6.42 Å². The smallest absolute Gasteiger partial charge is 0.231 e. The lowest BCUT2D eigenvalue weighted by molar-refractivity contribution is 0.174. The molecule has 0 fully saturated rings. The first kappa shape index (κ1) is 17.8. The lowest BCUT2D eigenvalue weighted by atomic mass is 10.1. The predicted octanol–water partition coefficient (Wildman–Crippen LogP) is 1.26. The highest BCUT2D eigenvalue weighted by molar-refractivity contribution is 5.92. The van der Waals surface area contributed by atoms with Crippen molar-refractivity contribution < 1.29 is 14.6 Å². The van der Waals surface area contributed by atoms with Gasteiger partial charge in [0.25, 0.3) is 0 Å². The highest BCUT2D eigenvalue weighted by atomic mass is 16.7. The van der Waals surface area contributed by atoms with E-state index in [0.717, 1.165) is 22.4 Å². The Hall–Kier alpha value is -3.59. The molecule has 9 nitrogen and oxygen atoms in total. The first-order valence-electron chi connectivity index (χ1n) is 8.76. The molecule has 4 rings (SSSR count). The van der Waals surface area contributed by atoms with Crippen LogP contribution in [0.25, 0.3) is 10.9 Å². The van der Waals surface area contributed by atoms with Gasteiger partial charge in [-0.05, 0) is 35.9 Å². The van der Waals surface area contributed by atoms with Gasteiger partial charge in [-0.25, -0.2) is 9.97 Å². The standard InChI is InChI=1S/C19H20N6O3/c20-19(21)25-18-13-3-2-12(22-5-6-26)9-14(13)23-17(24-18)8-11-1-4-15-16(7-11)28-10-27-15/h1-4,7,9,22,26H,5-6,8,10H2,(H4,20,21,23,24,25). The Bertz CT molecular complexity index is 1050. The normalized spacial score (nSPS) is 12.2. The molecule has 1 aliphatic heterocycles. The van der Waals surface area contributed by atoms with Gasteiger partial charge in [-0.2, -0.15) is 4.99 Å². The Morgan fingerprint density at radius 1 is 1.11 bits per heavy atom. The zero-order chi connectivity index (χ0) is 19.5. The molecule has 0 unspecified atom stereocenters. The summed E-state index contributed by atoms with van der Waals surface area (Å²) in [5, 5.41) is 12.9. The zero-order valence-corrected chi connectivity index (χ0v) is 15.1. The maximum Gasteiger partial charge on any atom is 0.231 e. The molecule has 0 aliphatic carbocycles. The van der Waals surface area contributed by atoms with Gasteiger partial charge < -0.3 is 31.4 Å². The van der Waals surface area contributed by atoms with E-state index in [1.807, 2.05) is 36.4 Å². The number of benzene rings is 2. The monoisotopic (exact) mass is 380 g/mol. The number of aromatic nitrogens is 2. The number of fused-ring (bicyclic) bond motifs is 2. The third-order valence-corrected chi connectivity index (χ3v) is 4.20. The van der Waals surface area contributed by atoms with Gasteiger partial charge in [-0.1, -0.05) is 6.07 Å². The molecule has 144 valence electrons. The SMILES string of the molecule is NC(N)=Nc1nc(Cc2ccc3c(c2)OCO3)nc2cc(NCCO)ccc12. The van der Waals surface area contributed by atoms with Crippen molar-refractivity contribution in [1.29, 1.82) is 0 Å². The van der Waals surface area contributed by atoms with E-state index in [1.165, 1.54) is 0 Å². The number of hydrogen-bond acceptors (Lipinski definition) is 7. The Labute approximate surface area is 161 Å². The molecule has 1 aliphatic rings. The van der Waals surface area contributed by atoms with Crippen LogP contribution in [0, 0.1) is 0 Å². The molecule has 0 bridgehead atoms. The summed E-state index contributed by atoms with van der Waals surface area (Å²) in [7, 11) is 0. The number of rotatable bonds is 6. The Morgan fingerprint density at radius 3 is 2.79 bits per heavy atom. The molecule has 0 spiro atoms. The molecule has 0 amide bonds. The van der Waals surface area contributed by atoms with Crippen LogP contribution in [-0.2, 0) is 6.42 Å². The molecular weight excluding hydrogens is 360 g/mol. The summed E-state index contributed by atoms with van der Waals surface area (Å²) in [4.78, 5) is 13.4. The quantitative estimate of drug-likeness (QED) is 0.370. The third kappa shape index (κ3) is 3.74. The van der Waals surface area contributed by atoms with E-state index in [0.29, 0.717) is 35.9 Å².